The number of aromatic carboxylic acids is 1. The fourth-order valence-electron chi connectivity index (χ4n) is 2.78. The molecule has 0 saturated heterocycles. The molecule has 0 aliphatic heterocycles. The summed E-state index contributed by atoms with van der Waals surface area (Å²) in [5.41, 5.74) is -5.81. The van der Waals surface area contributed by atoms with Crippen LogP contribution in [0.4, 0.5) is 26.3 Å². The number of fused-ring (bicyclic) bond motifs is 1. The number of benzene rings is 2. The molecular weight excluding hydrogens is 475 g/mol. The molecule has 1 N–H and O–H groups in total. The number of carboxylic acid groups (broad SMARTS) is 1. The summed E-state index contributed by atoms with van der Waals surface area (Å²) in [6.07, 6.45) is -10.3. The lowest BCUT2D eigenvalue weighted by atomic mass is 9.98. The van der Waals surface area contributed by atoms with Gasteiger partial charge in [-0.3, -0.25) is 4.79 Å². The van der Waals surface area contributed by atoms with Crippen molar-refractivity contribution in [2.45, 2.75) is 12.4 Å². The van der Waals surface area contributed by atoms with E-state index in [9.17, 15) is 41.0 Å². The average Bonchev–Trinajstić information content (AvgIpc) is 2.64. The first kappa shape index (κ1) is 22.8. The van der Waals surface area contributed by atoms with Gasteiger partial charge in [-0.2, -0.15) is 26.3 Å². The van der Waals surface area contributed by atoms with Crippen LogP contribution in [-0.4, -0.2) is 21.8 Å². The molecule has 3 aromatic rings. The first-order chi connectivity index (χ1) is 14.2. The first-order valence-electron chi connectivity index (χ1n) is 8.06. The van der Waals surface area contributed by atoms with Crippen LogP contribution in [0.5, 0.6) is 0 Å². The van der Waals surface area contributed by atoms with Gasteiger partial charge < -0.3 is 5.11 Å². The number of aromatic nitrogens is 1. The second kappa shape index (κ2) is 7.69. The van der Waals surface area contributed by atoms with Gasteiger partial charge >= 0.3 is 18.3 Å². The number of ketones is 1. The Labute approximate surface area is 179 Å². The van der Waals surface area contributed by atoms with Crippen molar-refractivity contribution >= 4 is 45.9 Å². The molecule has 0 unspecified atom stereocenters. The van der Waals surface area contributed by atoms with E-state index in [1.165, 1.54) is 12.1 Å². The standard InChI is InChI=1S/C19H7Cl2F6NO3/c20-10-4-11-12(17(30)31)6-14(28-15(11)13(21)5-10)16(29)7-1-8(18(22,23)24)3-9(2-7)19(25,26)27/h1-6H,(H,30,31). The molecule has 0 bridgehead atoms. The molecule has 0 amide bonds. The van der Waals surface area contributed by atoms with Gasteiger partial charge in [-0.25, -0.2) is 9.78 Å². The Kier molecular flexibility index (Phi) is 5.66. The van der Waals surface area contributed by atoms with Crippen molar-refractivity contribution < 1.29 is 41.0 Å². The predicted molar refractivity (Wildman–Crippen MR) is 98.6 cm³/mol. The highest BCUT2D eigenvalue weighted by Gasteiger charge is 2.37. The summed E-state index contributed by atoms with van der Waals surface area (Å²) in [5.74, 6) is -2.90. The van der Waals surface area contributed by atoms with Crippen LogP contribution in [0.2, 0.25) is 10.0 Å². The van der Waals surface area contributed by atoms with Crippen molar-refractivity contribution in [1.29, 1.82) is 0 Å². The molecule has 0 aliphatic rings. The summed E-state index contributed by atoms with van der Waals surface area (Å²) < 4.78 is 78.4. The summed E-state index contributed by atoms with van der Waals surface area (Å²) in [6.45, 7) is 0. The number of hydrogen-bond donors (Lipinski definition) is 1. The van der Waals surface area contributed by atoms with E-state index >= 15 is 0 Å². The monoisotopic (exact) mass is 481 g/mol. The summed E-state index contributed by atoms with van der Waals surface area (Å²) in [5, 5.41) is 9.23. The SMILES string of the molecule is O=C(c1cc(C(F)(F)F)cc(C(F)(F)F)c1)c1cc(C(=O)O)c2cc(Cl)cc(Cl)c2n1. The number of carbonyl (C=O) groups excluding carboxylic acids is 1. The van der Waals surface area contributed by atoms with Crippen molar-refractivity contribution in [3.63, 3.8) is 0 Å². The first-order valence-corrected chi connectivity index (χ1v) is 8.81. The zero-order valence-electron chi connectivity index (χ0n) is 14.7. The number of carbonyl (C=O) groups is 2. The Morgan fingerprint density at radius 2 is 1.39 bits per heavy atom. The Hall–Kier alpha value is -2.85. The average molecular weight is 482 g/mol. The van der Waals surface area contributed by atoms with E-state index in [-0.39, 0.29) is 39.1 Å². The summed E-state index contributed by atoms with van der Waals surface area (Å²) in [7, 11) is 0. The molecule has 0 radical (unpaired) electrons. The molecule has 1 heterocycles. The third kappa shape index (κ3) is 4.59. The molecule has 3 rings (SSSR count). The van der Waals surface area contributed by atoms with Crippen LogP contribution < -0.4 is 0 Å². The molecule has 162 valence electrons. The molecule has 0 atom stereocenters. The third-order valence-corrected chi connectivity index (χ3v) is 4.65. The van der Waals surface area contributed by atoms with E-state index in [4.69, 9.17) is 23.2 Å². The van der Waals surface area contributed by atoms with Gasteiger partial charge in [-0.05, 0) is 36.4 Å². The highest BCUT2D eigenvalue weighted by atomic mass is 35.5. The third-order valence-electron chi connectivity index (χ3n) is 4.14. The van der Waals surface area contributed by atoms with Crippen molar-refractivity contribution in [3.05, 3.63) is 74.4 Å². The number of carboxylic acids is 1. The number of hydrogen-bond acceptors (Lipinski definition) is 3. The van der Waals surface area contributed by atoms with E-state index in [1.54, 1.807) is 0 Å². The van der Waals surface area contributed by atoms with E-state index in [1.807, 2.05) is 0 Å². The minimum atomic E-state index is -5.17. The van der Waals surface area contributed by atoms with Gasteiger partial charge in [0.15, 0.2) is 0 Å². The largest absolute Gasteiger partial charge is 0.478 e. The molecule has 4 nitrogen and oxygen atoms in total. The molecule has 0 fully saturated rings. The fourth-order valence-corrected chi connectivity index (χ4v) is 3.31. The van der Waals surface area contributed by atoms with Crippen LogP contribution in [0.25, 0.3) is 10.9 Å². The minimum absolute atomic E-state index is 0.0496. The molecule has 1 aromatic heterocycles. The minimum Gasteiger partial charge on any atom is -0.478 e. The lowest BCUT2D eigenvalue weighted by Crippen LogP contribution is -2.15. The Bertz CT molecular complexity index is 1210. The van der Waals surface area contributed by atoms with E-state index in [0.717, 1.165) is 6.07 Å². The van der Waals surface area contributed by atoms with Crippen molar-refractivity contribution in [2.24, 2.45) is 0 Å². The van der Waals surface area contributed by atoms with Gasteiger partial charge in [0.05, 0.1) is 27.2 Å². The number of alkyl halides is 6. The highest BCUT2D eigenvalue weighted by Crippen LogP contribution is 2.37. The summed E-state index contributed by atoms with van der Waals surface area (Å²) in [6, 6.07) is 3.43. The Morgan fingerprint density at radius 3 is 1.87 bits per heavy atom. The maximum absolute atomic E-state index is 13.1. The van der Waals surface area contributed by atoms with Gasteiger partial charge in [0, 0.05) is 16.0 Å². The van der Waals surface area contributed by atoms with Gasteiger partial charge in [0.25, 0.3) is 0 Å². The molecule has 2 aromatic carbocycles. The molecular formula is C19H7Cl2F6NO3. The van der Waals surface area contributed by atoms with Gasteiger partial charge in [0.2, 0.25) is 5.78 Å². The van der Waals surface area contributed by atoms with Crippen LogP contribution in [0.15, 0.2) is 36.4 Å². The highest BCUT2D eigenvalue weighted by molar-refractivity contribution is 6.38. The zero-order chi connectivity index (χ0) is 23.3. The van der Waals surface area contributed by atoms with Crippen LogP contribution in [0, 0.1) is 0 Å². The van der Waals surface area contributed by atoms with Gasteiger partial charge in [-0.1, -0.05) is 23.2 Å². The summed E-state index contributed by atoms with van der Waals surface area (Å²) >= 11 is 11.8. The lowest BCUT2D eigenvalue weighted by molar-refractivity contribution is -0.143. The van der Waals surface area contributed by atoms with Crippen LogP contribution in [-0.2, 0) is 12.4 Å². The summed E-state index contributed by atoms with van der Waals surface area (Å²) in [4.78, 5) is 28.2. The van der Waals surface area contributed by atoms with Gasteiger partial charge in [-0.15, -0.1) is 0 Å². The van der Waals surface area contributed by atoms with Crippen LogP contribution >= 0.6 is 23.2 Å². The lowest BCUT2D eigenvalue weighted by Gasteiger charge is -2.14. The van der Waals surface area contributed by atoms with E-state index in [2.05, 4.69) is 4.98 Å². The number of rotatable bonds is 3. The Morgan fingerprint density at radius 1 is 0.839 bits per heavy atom. The number of nitrogens with zero attached hydrogens (tertiary/aromatic N) is 1. The van der Waals surface area contributed by atoms with Crippen LogP contribution in [0.3, 0.4) is 0 Å². The predicted octanol–water partition coefficient (Wildman–Crippen LogP) is 6.51. The number of halogens is 8. The maximum Gasteiger partial charge on any atom is 0.416 e. The quantitative estimate of drug-likeness (QED) is 0.342. The van der Waals surface area contributed by atoms with Gasteiger partial charge in [0.1, 0.15) is 5.69 Å². The molecule has 0 spiro atoms. The second-order valence-corrected chi connectivity index (χ2v) is 7.11. The smallest absolute Gasteiger partial charge is 0.416 e. The Balaban J connectivity index is 2.27. The molecule has 12 heteroatoms. The normalized spacial score (nSPS) is 12.3. The van der Waals surface area contributed by atoms with Crippen LogP contribution in [0.1, 0.15) is 37.5 Å². The topological polar surface area (TPSA) is 67.3 Å². The maximum atomic E-state index is 13.1. The van der Waals surface area contributed by atoms with E-state index < -0.39 is 52.1 Å². The van der Waals surface area contributed by atoms with Crippen molar-refractivity contribution in [3.8, 4) is 0 Å². The second-order valence-electron chi connectivity index (χ2n) is 6.27. The fraction of sp³-hybridized carbons (Fsp3) is 0.105. The van der Waals surface area contributed by atoms with Crippen molar-refractivity contribution in [1.82, 2.24) is 4.98 Å². The van der Waals surface area contributed by atoms with Crippen molar-refractivity contribution in [2.75, 3.05) is 0 Å². The van der Waals surface area contributed by atoms with E-state index in [0.29, 0.717) is 0 Å². The molecule has 0 aliphatic carbocycles. The zero-order valence-corrected chi connectivity index (χ0v) is 16.2. The number of pyridine rings is 1. The molecule has 0 saturated carbocycles. The molecule has 31 heavy (non-hydrogen) atoms.